The van der Waals surface area contributed by atoms with Crippen molar-refractivity contribution in [1.29, 1.82) is 0 Å². The van der Waals surface area contributed by atoms with Gasteiger partial charge < -0.3 is 9.47 Å². The minimum absolute atomic E-state index is 0.0131. The van der Waals surface area contributed by atoms with E-state index < -0.39 is 5.92 Å². The number of ether oxygens (including phenoxy) is 2. The van der Waals surface area contributed by atoms with Crippen LogP contribution in [0.5, 0.6) is 0 Å². The van der Waals surface area contributed by atoms with Crippen LogP contribution in [0, 0.1) is 23.2 Å². The highest BCUT2D eigenvalue weighted by atomic mass is 19.3. The Morgan fingerprint density at radius 1 is 1.19 bits per heavy atom. The summed E-state index contributed by atoms with van der Waals surface area (Å²) in [5.41, 5.74) is 0.704. The summed E-state index contributed by atoms with van der Waals surface area (Å²) in [5.74, 6) is -1.85. The topological polar surface area (TPSA) is 30.5 Å². The molecule has 0 aromatic heterocycles. The molecule has 1 N–H and O–H groups in total. The van der Waals surface area contributed by atoms with Gasteiger partial charge >= 0.3 is 0 Å². The summed E-state index contributed by atoms with van der Waals surface area (Å²) in [5, 5.41) is 3.49. The van der Waals surface area contributed by atoms with E-state index in [0.29, 0.717) is 32.2 Å². The molecule has 5 heteroatoms. The molecule has 1 aromatic carbocycles. The fourth-order valence-corrected chi connectivity index (χ4v) is 5.49. The van der Waals surface area contributed by atoms with Crippen LogP contribution in [0.25, 0.3) is 0 Å². The van der Waals surface area contributed by atoms with Gasteiger partial charge in [0.2, 0.25) is 5.92 Å². The molecule has 0 amide bonds. The fraction of sp³-hybridized carbons (Fsp3) is 0.727. The van der Waals surface area contributed by atoms with Crippen molar-refractivity contribution < 1.29 is 18.3 Å². The molecular weight excluding hydrogens is 348 g/mol. The van der Waals surface area contributed by atoms with Gasteiger partial charge in [-0.15, -0.1) is 0 Å². The van der Waals surface area contributed by atoms with Gasteiger partial charge in [-0.05, 0) is 50.0 Å². The Labute approximate surface area is 160 Å². The van der Waals surface area contributed by atoms with Gasteiger partial charge in [-0.1, -0.05) is 30.3 Å². The molecule has 1 aliphatic heterocycles. The number of halogens is 2. The smallest absolute Gasteiger partial charge is 0.248 e. The Morgan fingerprint density at radius 2 is 1.96 bits per heavy atom. The molecule has 1 aromatic rings. The number of benzene rings is 1. The van der Waals surface area contributed by atoms with Gasteiger partial charge in [-0.2, -0.15) is 0 Å². The van der Waals surface area contributed by atoms with Gasteiger partial charge in [0.1, 0.15) is 5.72 Å². The van der Waals surface area contributed by atoms with Crippen molar-refractivity contribution in [3.8, 4) is 0 Å². The van der Waals surface area contributed by atoms with Crippen molar-refractivity contribution >= 4 is 0 Å². The van der Waals surface area contributed by atoms with E-state index in [1.165, 1.54) is 0 Å². The minimum Gasteiger partial charge on any atom is -0.376 e. The molecule has 1 saturated heterocycles. The molecule has 27 heavy (non-hydrogen) atoms. The SMILES string of the molecule is CC1(C)NCC2(CO1)CC1CC(F)(F)CC[C@H]1[C@@H]2COCc1ccccc1. The molecule has 2 aliphatic carbocycles. The zero-order valence-electron chi connectivity index (χ0n) is 16.3. The van der Waals surface area contributed by atoms with Crippen molar-refractivity contribution in [2.24, 2.45) is 23.2 Å². The molecule has 3 fully saturated rings. The third kappa shape index (κ3) is 4.06. The third-order valence-electron chi connectivity index (χ3n) is 6.98. The van der Waals surface area contributed by atoms with E-state index in [0.717, 1.165) is 18.5 Å². The van der Waals surface area contributed by atoms with Crippen LogP contribution < -0.4 is 5.32 Å². The van der Waals surface area contributed by atoms with Gasteiger partial charge in [0.05, 0.1) is 19.8 Å². The van der Waals surface area contributed by atoms with Crippen molar-refractivity contribution in [2.45, 2.75) is 57.8 Å². The summed E-state index contributed by atoms with van der Waals surface area (Å²) in [7, 11) is 0. The van der Waals surface area contributed by atoms with Crippen molar-refractivity contribution in [3.63, 3.8) is 0 Å². The highest BCUT2D eigenvalue weighted by Crippen LogP contribution is 2.59. The first-order chi connectivity index (χ1) is 12.8. The highest BCUT2D eigenvalue weighted by Gasteiger charge is 2.58. The number of rotatable bonds is 4. The van der Waals surface area contributed by atoms with E-state index >= 15 is 0 Å². The molecule has 4 rings (SSSR count). The molecule has 0 bridgehead atoms. The summed E-state index contributed by atoms with van der Waals surface area (Å²) in [6.07, 6.45) is 1.45. The zero-order valence-corrected chi connectivity index (χ0v) is 16.3. The molecule has 0 radical (unpaired) electrons. The maximum absolute atomic E-state index is 14.0. The van der Waals surface area contributed by atoms with Crippen LogP contribution in [0.3, 0.4) is 0 Å². The Morgan fingerprint density at radius 3 is 2.67 bits per heavy atom. The van der Waals surface area contributed by atoms with E-state index in [4.69, 9.17) is 9.47 Å². The maximum Gasteiger partial charge on any atom is 0.248 e. The molecular formula is C22H31F2NO2. The first-order valence-electron chi connectivity index (χ1n) is 10.2. The summed E-state index contributed by atoms with van der Waals surface area (Å²) >= 11 is 0. The Balaban J connectivity index is 1.48. The summed E-state index contributed by atoms with van der Waals surface area (Å²) in [4.78, 5) is 0. The second kappa shape index (κ2) is 7.09. The molecule has 1 heterocycles. The maximum atomic E-state index is 14.0. The minimum atomic E-state index is -2.51. The van der Waals surface area contributed by atoms with Crippen LogP contribution in [0.4, 0.5) is 8.78 Å². The lowest BCUT2D eigenvalue weighted by molar-refractivity contribution is -0.145. The lowest BCUT2D eigenvalue weighted by atomic mass is 9.72. The number of hydrogen-bond acceptors (Lipinski definition) is 3. The average Bonchev–Trinajstić information content (AvgIpc) is 2.90. The van der Waals surface area contributed by atoms with E-state index in [9.17, 15) is 8.78 Å². The fourth-order valence-electron chi connectivity index (χ4n) is 5.49. The Kier molecular flexibility index (Phi) is 5.06. The molecule has 3 nitrogen and oxygen atoms in total. The quantitative estimate of drug-likeness (QED) is 0.828. The largest absolute Gasteiger partial charge is 0.376 e. The number of fused-ring (bicyclic) bond motifs is 1. The second-order valence-corrected chi connectivity index (χ2v) is 9.35. The van der Waals surface area contributed by atoms with Crippen molar-refractivity contribution in [3.05, 3.63) is 35.9 Å². The third-order valence-corrected chi connectivity index (χ3v) is 6.98. The van der Waals surface area contributed by atoms with Gasteiger partial charge in [-0.25, -0.2) is 8.78 Å². The number of hydrogen-bond donors (Lipinski definition) is 1. The predicted octanol–water partition coefficient (Wildman–Crippen LogP) is 4.62. The highest BCUT2D eigenvalue weighted by molar-refractivity contribution is 5.13. The van der Waals surface area contributed by atoms with Crippen molar-refractivity contribution in [2.75, 3.05) is 19.8 Å². The summed E-state index contributed by atoms with van der Waals surface area (Å²) < 4.78 is 40.3. The normalized spacial score (nSPS) is 37.3. The Bertz CT molecular complexity index is 639. The van der Waals surface area contributed by atoms with Gasteiger partial charge in [0, 0.05) is 24.8 Å². The van der Waals surface area contributed by atoms with Crippen LogP contribution >= 0.6 is 0 Å². The standard InChI is InChI=1S/C22H31F2NO2/c1-20(2)25-14-21(15-27-20)10-17-11-22(23,24)9-8-18(17)19(21)13-26-12-16-6-4-3-5-7-16/h3-7,17-19,25H,8-15H2,1-2H3/t17?,18-,19+,21?/m1/s1. The average molecular weight is 379 g/mol. The van der Waals surface area contributed by atoms with E-state index in [1.807, 2.05) is 32.0 Å². The molecule has 1 spiro atoms. The Hall–Kier alpha value is -1.04. The number of nitrogens with one attached hydrogen (secondary N) is 1. The first-order valence-corrected chi connectivity index (χ1v) is 10.2. The van der Waals surface area contributed by atoms with E-state index in [-0.39, 0.29) is 35.8 Å². The van der Waals surface area contributed by atoms with Crippen LogP contribution in [-0.2, 0) is 16.1 Å². The van der Waals surface area contributed by atoms with Crippen LogP contribution in [0.1, 0.15) is 45.1 Å². The molecule has 2 saturated carbocycles. The lowest BCUT2D eigenvalue weighted by Gasteiger charge is -2.46. The first kappa shape index (κ1) is 19.3. The zero-order chi connectivity index (χ0) is 19.1. The second-order valence-electron chi connectivity index (χ2n) is 9.35. The molecule has 2 unspecified atom stereocenters. The summed E-state index contributed by atoms with van der Waals surface area (Å²) in [6.45, 7) is 6.69. The molecule has 4 atom stereocenters. The lowest BCUT2D eigenvalue weighted by Crippen LogP contribution is -2.58. The van der Waals surface area contributed by atoms with Crippen LogP contribution in [-0.4, -0.2) is 31.4 Å². The van der Waals surface area contributed by atoms with Crippen LogP contribution in [0.15, 0.2) is 30.3 Å². The monoisotopic (exact) mass is 379 g/mol. The van der Waals surface area contributed by atoms with Gasteiger partial charge in [0.15, 0.2) is 0 Å². The molecule has 3 aliphatic rings. The van der Waals surface area contributed by atoms with Gasteiger partial charge in [-0.3, -0.25) is 5.32 Å². The van der Waals surface area contributed by atoms with Gasteiger partial charge in [0.25, 0.3) is 0 Å². The molecule has 150 valence electrons. The predicted molar refractivity (Wildman–Crippen MR) is 100 cm³/mol. The summed E-state index contributed by atoms with van der Waals surface area (Å²) in [6, 6.07) is 10.1. The van der Waals surface area contributed by atoms with E-state index in [1.54, 1.807) is 0 Å². The van der Waals surface area contributed by atoms with Crippen molar-refractivity contribution in [1.82, 2.24) is 5.32 Å². The van der Waals surface area contributed by atoms with Crippen LogP contribution in [0.2, 0.25) is 0 Å². The number of alkyl halides is 2. The van der Waals surface area contributed by atoms with E-state index in [2.05, 4.69) is 17.4 Å².